The van der Waals surface area contributed by atoms with E-state index in [1.165, 1.54) is 5.01 Å². The van der Waals surface area contributed by atoms with Crippen molar-refractivity contribution >= 4 is 23.6 Å². The molecule has 1 saturated carbocycles. The summed E-state index contributed by atoms with van der Waals surface area (Å²) in [7, 11) is 0. The van der Waals surface area contributed by atoms with Crippen molar-refractivity contribution < 1.29 is 18.8 Å². The first-order valence-electron chi connectivity index (χ1n) is 10.6. The van der Waals surface area contributed by atoms with Crippen LogP contribution in [0.25, 0.3) is 0 Å². The Balaban J connectivity index is 1.40. The van der Waals surface area contributed by atoms with Crippen molar-refractivity contribution in [3.8, 4) is 0 Å². The number of nitrogens with one attached hydrogen (secondary N) is 1. The number of hydrazone groups is 1. The lowest BCUT2D eigenvalue weighted by Gasteiger charge is -2.23. The number of urea groups is 1. The molecule has 1 aromatic carbocycles. The predicted octanol–water partition coefficient (Wildman–Crippen LogP) is 3.13. The normalized spacial score (nSPS) is 22.4. The van der Waals surface area contributed by atoms with Crippen LogP contribution in [0.2, 0.25) is 0 Å². The van der Waals surface area contributed by atoms with Gasteiger partial charge in [0.05, 0.1) is 12.0 Å². The zero-order valence-corrected chi connectivity index (χ0v) is 17.3. The molecule has 0 unspecified atom stereocenters. The first-order valence-corrected chi connectivity index (χ1v) is 10.6. The van der Waals surface area contributed by atoms with Crippen LogP contribution in [0.3, 0.4) is 0 Å². The van der Waals surface area contributed by atoms with E-state index < -0.39 is 23.5 Å². The number of rotatable bonds is 4. The number of hydrogen-bond donors (Lipinski definition) is 1. The summed E-state index contributed by atoms with van der Waals surface area (Å²) in [5.41, 5.74) is 1.99. The molecule has 0 radical (unpaired) electrons. The smallest absolute Gasteiger partial charge is 0.325 e. The number of benzene rings is 1. The van der Waals surface area contributed by atoms with Crippen LogP contribution in [-0.4, -0.2) is 45.5 Å². The lowest BCUT2D eigenvalue weighted by molar-refractivity contribution is -0.140. The standard InChI is InChI=1S/C23H24N4O4/c1-15-6-8-16(9-7-15)17-13-18(19-5-4-12-31-19)27(25-17)20(28)14-26-21(29)23(24-22(26)30)10-2-3-11-23/h4-9,12,18H,2-3,10-11,13-14H2,1H3,(H,24,30)/t18-/m0/s1. The number of furan rings is 1. The van der Waals surface area contributed by atoms with Crippen molar-refractivity contribution in [2.24, 2.45) is 5.10 Å². The molecule has 3 aliphatic rings. The van der Waals surface area contributed by atoms with E-state index in [0.29, 0.717) is 25.0 Å². The second-order valence-electron chi connectivity index (χ2n) is 8.50. The molecular formula is C23H24N4O4. The number of aryl methyl sites for hydroxylation is 1. The van der Waals surface area contributed by atoms with Gasteiger partial charge in [0.1, 0.15) is 23.9 Å². The fourth-order valence-corrected chi connectivity index (χ4v) is 4.71. The minimum atomic E-state index is -0.834. The summed E-state index contributed by atoms with van der Waals surface area (Å²) in [5, 5.41) is 8.75. The Kier molecular flexibility index (Phi) is 4.64. The van der Waals surface area contributed by atoms with Gasteiger partial charge < -0.3 is 9.73 Å². The Morgan fingerprint density at radius 2 is 1.94 bits per heavy atom. The summed E-state index contributed by atoms with van der Waals surface area (Å²) in [6.07, 6.45) is 5.08. The van der Waals surface area contributed by atoms with E-state index in [1.54, 1.807) is 18.4 Å². The number of hydrogen-bond acceptors (Lipinski definition) is 5. The molecule has 1 atom stereocenters. The maximum atomic E-state index is 13.2. The van der Waals surface area contributed by atoms with Gasteiger partial charge in [0.2, 0.25) is 0 Å². The molecule has 5 rings (SSSR count). The fourth-order valence-electron chi connectivity index (χ4n) is 4.71. The van der Waals surface area contributed by atoms with Crippen LogP contribution in [0.15, 0.2) is 52.2 Å². The molecule has 1 saturated heterocycles. The molecule has 0 bridgehead atoms. The summed E-state index contributed by atoms with van der Waals surface area (Å²) in [5.74, 6) is -0.106. The SMILES string of the molecule is Cc1ccc(C2=NN(C(=O)CN3C(=O)NC4(CCCC4)C3=O)[C@H](c3ccco3)C2)cc1. The summed E-state index contributed by atoms with van der Waals surface area (Å²) in [6, 6.07) is 10.6. The Morgan fingerprint density at radius 1 is 1.19 bits per heavy atom. The molecule has 1 N–H and O–H groups in total. The summed E-state index contributed by atoms with van der Waals surface area (Å²) >= 11 is 0. The number of carbonyl (C=O) groups excluding carboxylic acids is 3. The van der Waals surface area contributed by atoms with E-state index in [1.807, 2.05) is 31.2 Å². The quantitative estimate of drug-likeness (QED) is 0.769. The monoisotopic (exact) mass is 420 g/mol. The third-order valence-corrected chi connectivity index (χ3v) is 6.42. The van der Waals surface area contributed by atoms with Crippen LogP contribution in [0.4, 0.5) is 4.79 Å². The molecule has 4 amide bonds. The Morgan fingerprint density at radius 3 is 2.61 bits per heavy atom. The van der Waals surface area contributed by atoms with Gasteiger partial charge in [-0.25, -0.2) is 9.80 Å². The number of carbonyl (C=O) groups is 3. The molecule has 8 heteroatoms. The lowest BCUT2D eigenvalue weighted by atomic mass is 9.98. The molecule has 2 aromatic rings. The fraction of sp³-hybridized carbons (Fsp3) is 0.391. The van der Waals surface area contributed by atoms with Crippen LogP contribution in [0, 0.1) is 6.92 Å². The van der Waals surface area contributed by atoms with E-state index in [0.717, 1.165) is 34.6 Å². The molecule has 8 nitrogen and oxygen atoms in total. The molecule has 1 aliphatic carbocycles. The van der Waals surface area contributed by atoms with Crippen molar-refractivity contribution in [3.63, 3.8) is 0 Å². The van der Waals surface area contributed by atoms with Gasteiger partial charge in [0.25, 0.3) is 11.8 Å². The van der Waals surface area contributed by atoms with E-state index in [9.17, 15) is 14.4 Å². The summed E-state index contributed by atoms with van der Waals surface area (Å²) in [4.78, 5) is 39.7. The Bertz CT molecular complexity index is 1050. The van der Waals surface area contributed by atoms with Crippen LogP contribution >= 0.6 is 0 Å². The molecule has 31 heavy (non-hydrogen) atoms. The first kappa shape index (κ1) is 19.5. The van der Waals surface area contributed by atoms with E-state index in [-0.39, 0.29) is 12.5 Å². The van der Waals surface area contributed by atoms with E-state index >= 15 is 0 Å². The second kappa shape index (κ2) is 7.37. The highest BCUT2D eigenvalue weighted by molar-refractivity contribution is 6.09. The molecule has 2 aliphatic heterocycles. The van der Waals surface area contributed by atoms with Crippen molar-refractivity contribution in [1.29, 1.82) is 0 Å². The minimum absolute atomic E-state index is 0.306. The van der Waals surface area contributed by atoms with E-state index in [2.05, 4.69) is 10.4 Å². The van der Waals surface area contributed by atoms with Gasteiger partial charge in [0.15, 0.2) is 0 Å². The first-order chi connectivity index (χ1) is 15.0. The van der Waals surface area contributed by atoms with Gasteiger partial charge in [-0.2, -0.15) is 5.10 Å². The Labute approximate surface area is 179 Å². The zero-order chi connectivity index (χ0) is 21.6. The highest BCUT2D eigenvalue weighted by Gasteiger charge is 2.53. The van der Waals surface area contributed by atoms with E-state index in [4.69, 9.17) is 4.42 Å². The van der Waals surface area contributed by atoms with Gasteiger partial charge in [-0.05, 0) is 37.5 Å². The molecule has 3 heterocycles. The van der Waals surface area contributed by atoms with Gasteiger partial charge in [-0.3, -0.25) is 14.5 Å². The maximum Gasteiger partial charge on any atom is 0.325 e. The predicted molar refractivity (Wildman–Crippen MR) is 112 cm³/mol. The molecule has 1 spiro atoms. The average Bonchev–Trinajstić information content (AvgIpc) is 3.54. The van der Waals surface area contributed by atoms with Crippen molar-refractivity contribution in [1.82, 2.24) is 15.2 Å². The molecule has 2 fully saturated rings. The highest BCUT2D eigenvalue weighted by atomic mass is 16.3. The average molecular weight is 420 g/mol. The minimum Gasteiger partial charge on any atom is -0.467 e. The largest absolute Gasteiger partial charge is 0.467 e. The van der Waals surface area contributed by atoms with Gasteiger partial charge in [-0.1, -0.05) is 42.7 Å². The third-order valence-electron chi connectivity index (χ3n) is 6.42. The summed E-state index contributed by atoms with van der Waals surface area (Å²) < 4.78 is 5.56. The van der Waals surface area contributed by atoms with Crippen LogP contribution < -0.4 is 5.32 Å². The Hall–Kier alpha value is -3.42. The van der Waals surface area contributed by atoms with Gasteiger partial charge >= 0.3 is 6.03 Å². The lowest BCUT2D eigenvalue weighted by Crippen LogP contribution is -2.45. The van der Waals surface area contributed by atoms with Crippen molar-refractivity contribution in [3.05, 3.63) is 59.5 Å². The van der Waals surface area contributed by atoms with Crippen LogP contribution in [0.1, 0.15) is 55.0 Å². The molecule has 160 valence electrons. The maximum absolute atomic E-state index is 13.2. The van der Waals surface area contributed by atoms with Crippen LogP contribution in [-0.2, 0) is 9.59 Å². The topological polar surface area (TPSA) is 95.2 Å². The number of amides is 4. The third kappa shape index (κ3) is 3.32. The van der Waals surface area contributed by atoms with Crippen molar-refractivity contribution in [2.45, 2.75) is 50.6 Å². The highest BCUT2D eigenvalue weighted by Crippen LogP contribution is 2.36. The zero-order valence-electron chi connectivity index (χ0n) is 17.3. The second-order valence-corrected chi connectivity index (χ2v) is 8.50. The molecular weight excluding hydrogens is 396 g/mol. The van der Waals surface area contributed by atoms with Gasteiger partial charge in [0, 0.05) is 6.42 Å². The number of nitrogens with zero attached hydrogens (tertiary/aromatic N) is 3. The van der Waals surface area contributed by atoms with Gasteiger partial charge in [-0.15, -0.1) is 0 Å². The van der Waals surface area contributed by atoms with Crippen LogP contribution in [0.5, 0.6) is 0 Å². The number of imide groups is 1. The van der Waals surface area contributed by atoms with Crippen molar-refractivity contribution in [2.75, 3.05) is 6.54 Å². The molecule has 1 aromatic heterocycles. The summed E-state index contributed by atoms with van der Waals surface area (Å²) in [6.45, 7) is 1.67.